The minimum atomic E-state index is -0.477. The number of hydrogen-bond acceptors (Lipinski definition) is 6. The number of rotatable bonds is 2. The molecule has 0 bridgehead atoms. The van der Waals surface area contributed by atoms with Crippen molar-refractivity contribution >= 4 is 39.8 Å². The van der Waals surface area contributed by atoms with Crippen LogP contribution in [0.15, 0.2) is 70.3 Å². The van der Waals surface area contributed by atoms with Crippen molar-refractivity contribution in [1.29, 1.82) is 0 Å². The number of aromatic nitrogens is 1. The summed E-state index contributed by atoms with van der Waals surface area (Å²) in [6.07, 6.45) is 8.36. The molecule has 0 saturated heterocycles. The normalized spacial score (nSPS) is 20.0. The maximum absolute atomic E-state index is 13.0. The fourth-order valence-electron chi connectivity index (χ4n) is 4.55. The number of pyridine rings is 1. The number of furan rings is 1. The predicted octanol–water partition coefficient (Wildman–Crippen LogP) is 3.14. The molecule has 5 heterocycles. The summed E-state index contributed by atoms with van der Waals surface area (Å²) in [6.45, 7) is 3.02. The molecule has 1 aromatic carbocycles. The number of aliphatic imine (C=N–C) groups is 1. The van der Waals surface area contributed by atoms with E-state index in [0.29, 0.717) is 22.8 Å². The standard InChI is InChI=1S/C23H16N4O3/c1-12-11-27-7-6-25-19(15-4-2-3-14(12)20(15)27)18-17(22(28)26-23(18)29)16-10-24-9-13-5-8-30-21(13)16/h2-10,12H,11H2,1H3,(H,26,28,29). The van der Waals surface area contributed by atoms with Crippen LogP contribution < -0.4 is 10.2 Å². The van der Waals surface area contributed by atoms with Crippen molar-refractivity contribution in [3.63, 3.8) is 0 Å². The molecule has 0 aliphatic carbocycles. The van der Waals surface area contributed by atoms with Gasteiger partial charge in [-0.3, -0.25) is 24.9 Å². The lowest BCUT2D eigenvalue weighted by Crippen LogP contribution is -2.25. The summed E-state index contributed by atoms with van der Waals surface area (Å²) >= 11 is 0. The summed E-state index contributed by atoms with van der Waals surface area (Å²) in [5.74, 6) is -0.588. The number of carbonyl (C=O) groups excluding carboxylic acids is 2. The van der Waals surface area contributed by atoms with Gasteiger partial charge >= 0.3 is 0 Å². The summed E-state index contributed by atoms with van der Waals surface area (Å²) in [5, 5.41) is 3.19. The van der Waals surface area contributed by atoms with Gasteiger partial charge in [0.05, 0.1) is 28.8 Å². The van der Waals surface area contributed by atoms with Crippen LogP contribution in [0, 0.1) is 0 Å². The molecule has 0 spiro atoms. The van der Waals surface area contributed by atoms with E-state index < -0.39 is 11.8 Å². The van der Waals surface area contributed by atoms with Gasteiger partial charge in [-0.2, -0.15) is 0 Å². The number of benzene rings is 1. The largest absolute Gasteiger partial charge is 0.464 e. The average molecular weight is 396 g/mol. The number of imide groups is 1. The van der Waals surface area contributed by atoms with Crippen LogP contribution in [0.2, 0.25) is 0 Å². The van der Waals surface area contributed by atoms with Gasteiger partial charge in [-0.25, -0.2) is 0 Å². The van der Waals surface area contributed by atoms with E-state index in [1.54, 1.807) is 30.9 Å². The third-order valence-corrected chi connectivity index (χ3v) is 5.86. The zero-order valence-corrected chi connectivity index (χ0v) is 16.0. The van der Waals surface area contributed by atoms with Crippen molar-refractivity contribution in [2.75, 3.05) is 11.4 Å². The van der Waals surface area contributed by atoms with Crippen LogP contribution in [0.25, 0.3) is 16.5 Å². The lowest BCUT2D eigenvalue weighted by molar-refractivity contribution is -0.123. The van der Waals surface area contributed by atoms with Crippen LogP contribution in [0.1, 0.15) is 29.5 Å². The number of carbonyl (C=O) groups is 2. The number of hydrogen-bond donors (Lipinski definition) is 1. The lowest BCUT2D eigenvalue weighted by Gasteiger charge is -2.17. The van der Waals surface area contributed by atoms with Crippen LogP contribution >= 0.6 is 0 Å². The molecule has 3 aromatic rings. The first-order chi connectivity index (χ1) is 14.6. The van der Waals surface area contributed by atoms with E-state index in [9.17, 15) is 9.59 Å². The first kappa shape index (κ1) is 16.9. The summed E-state index contributed by atoms with van der Waals surface area (Å²) in [7, 11) is 0. The van der Waals surface area contributed by atoms with Gasteiger partial charge in [0.1, 0.15) is 5.58 Å². The van der Waals surface area contributed by atoms with Crippen LogP contribution in [0.3, 0.4) is 0 Å². The third kappa shape index (κ3) is 2.20. The van der Waals surface area contributed by atoms with E-state index in [4.69, 9.17) is 4.42 Å². The summed E-state index contributed by atoms with van der Waals surface area (Å²) in [5.41, 5.74) is 5.01. The second-order valence-corrected chi connectivity index (χ2v) is 7.63. The highest BCUT2D eigenvalue weighted by atomic mass is 16.3. The Hall–Kier alpha value is -4.00. The number of fused-ring (bicyclic) bond motifs is 1. The molecule has 1 unspecified atom stereocenters. The molecule has 7 nitrogen and oxygen atoms in total. The van der Waals surface area contributed by atoms with Crippen molar-refractivity contribution in [1.82, 2.24) is 10.3 Å². The quantitative estimate of drug-likeness (QED) is 0.673. The molecule has 3 aliphatic heterocycles. The molecule has 1 atom stereocenters. The van der Waals surface area contributed by atoms with Crippen LogP contribution in [-0.4, -0.2) is 29.1 Å². The second-order valence-electron chi connectivity index (χ2n) is 7.63. The number of nitrogens with zero attached hydrogens (tertiary/aromatic N) is 3. The molecule has 2 aromatic heterocycles. The molecular formula is C23H16N4O3. The highest BCUT2D eigenvalue weighted by Gasteiger charge is 2.39. The Morgan fingerprint density at radius 1 is 1.10 bits per heavy atom. The number of para-hydroxylation sites is 1. The van der Waals surface area contributed by atoms with E-state index in [0.717, 1.165) is 23.2 Å². The molecule has 6 rings (SSSR count). The van der Waals surface area contributed by atoms with Crippen molar-refractivity contribution in [2.45, 2.75) is 12.8 Å². The SMILES string of the molecule is CC1CN2C=CN=C(C3=C(c4cncc5ccoc45)C(=O)NC3=O)c3cccc1c32. The minimum absolute atomic E-state index is 0.234. The van der Waals surface area contributed by atoms with Gasteiger partial charge in [0, 0.05) is 53.8 Å². The smallest absolute Gasteiger partial charge is 0.261 e. The molecule has 2 amide bonds. The minimum Gasteiger partial charge on any atom is -0.464 e. The lowest BCUT2D eigenvalue weighted by atomic mass is 9.92. The van der Waals surface area contributed by atoms with Crippen LogP contribution in [0.5, 0.6) is 0 Å². The third-order valence-electron chi connectivity index (χ3n) is 5.86. The van der Waals surface area contributed by atoms with Gasteiger partial charge in [0.2, 0.25) is 0 Å². The van der Waals surface area contributed by atoms with Crippen molar-refractivity contribution in [3.8, 4) is 0 Å². The molecular weight excluding hydrogens is 380 g/mol. The second kappa shape index (κ2) is 6.00. The molecule has 0 radical (unpaired) electrons. The molecule has 3 aliphatic rings. The van der Waals surface area contributed by atoms with E-state index in [1.165, 1.54) is 5.56 Å². The Morgan fingerprint density at radius 3 is 2.87 bits per heavy atom. The number of amides is 2. The van der Waals surface area contributed by atoms with Gasteiger partial charge in [0.25, 0.3) is 11.8 Å². The Morgan fingerprint density at radius 2 is 1.97 bits per heavy atom. The van der Waals surface area contributed by atoms with Crippen molar-refractivity contribution < 1.29 is 14.0 Å². The van der Waals surface area contributed by atoms with E-state index in [2.05, 4.69) is 33.2 Å². The molecule has 146 valence electrons. The highest BCUT2D eigenvalue weighted by molar-refractivity contribution is 6.48. The molecule has 0 fully saturated rings. The van der Waals surface area contributed by atoms with Gasteiger partial charge < -0.3 is 9.32 Å². The monoisotopic (exact) mass is 396 g/mol. The van der Waals surface area contributed by atoms with E-state index >= 15 is 0 Å². The number of nitrogens with one attached hydrogen (secondary N) is 1. The maximum atomic E-state index is 13.0. The van der Waals surface area contributed by atoms with E-state index in [-0.39, 0.29) is 11.1 Å². The molecule has 30 heavy (non-hydrogen) atoms. The average Bonchev–Trinajstić information content (AvgIpc) is 3.38. The summed E-state index contributed by atoms with van der Waals surface area (Å²) < 4.78 is 5.61. The Balaban J connectivity index is 1.65. The maximum Gasteiger partial charge on any atom is 0.261 e. The summed E-state index contributed by atoms with van der Waals surface area (Å²) in [6, 6.07) is 7.79. The van der Waals surface area contributed by atoms with Gasteiger partial charge in [-0.05, 0) is 11.6 Å². The molecule has 1 N–H and O–H groups in total. The predicted molar refractivity (Wildman–Crippen MR) is 112 cm³/mol. The first-order valence-corrected chi connectivity index (χ1v) is 9.70. The molecule has 0 saturated carbocycles. The van der Waals surface area contributed by atoms with Gasteiger partial charge in [0.15, 0.2) is 0 Å². The van der Waals surface area contributed by atoms with Gasteiger partial charge in [-0.1, -0.05) is 25.1 Å². The topological polar surface area (TPSA) is 87.8 Å². The van der Waals surface area contributed by atoms with Crippen LogP contribution in [0.4, 0.5) is 5.69 Å². The van der Waals surface area contributed by atoms with Crippen molar-refractivity contribution in [3.05, 3.63) is 77.6 Å². The van der Waals surface area contributed by atoms with Crippen molar-refractivity contribution in [2.24, 2.45) is 4.99 Å². The fraction of sp³-hybridized carbons (Fsp3) is 0.130. The van der Waals surface area contributed by atoms with Gasteiger partial charge in [-0.15, -0.1) is 0 Å². The van der Waals surface area contributed by atoms with Crippen LogP contribution in [-0.2, 0) is 9.59 Å². The highest BCUT2D eigenvalue weighted by Crippen LogP contribution is 2.42. The van der Waals surface area contributed by atoms with E-state index in [1.807, 2.05) is 18.3 Å². The Bertz CT molecular complexity index is 1360. The Labute approximate surface area is 171 Å². The fourth-order valence-corrected chi connectivity index (χ4v) is 4.55. The summed E-state index contributed by atoms with van der Waals surface area (Å²) in [4.78, 5) is 36.8. The zero-order valence-electron chi connectivity index (χ0n) is 16.0. The zero-order chi connectivity index (χ0) is 20.4. The number of anilines is 1. The Kier molecular flexibility index (Phi) is 3.38. The molecule has 7 heteroatoms. The first-order valence-electron chi connectivity index (χ1n) is 9.70.